The van der Waals surface area contributed by atoms with Crippen LogP contribution < -0.4 is 11.1 Å². The second-order valence-corrected chi connectivity index (χ2v) is 5.98. The normalized spacial score (nSPS) is 25.6. The molecule has 0 aromatic carbocycles. The maximum absolute atomic E-state index is 5.59. The van der Waals surface area contributed by atoms with Crippen LogP contribution in [0.5, 0.6) is 0 Å². The Morgan fingerprint density at radius 3 is 2.53 bits per heavy atom. The first-order valence-corrected chi connectivity index (χ1v) is 6.46. The van der Waals surface area contributed by atoms with Gasteiger partial charge in [-0.2, -0.15) is 0 Å². The molecule has 2 unspecified atom stereocenters. The van der Waals surface area contributed by atoms with Gasteiger partial charge < -0.3 is 11.1 Å². The molecule has 3 N–H and O–H groups in total. The molecule has 15 heavy (non-hydrogen) atoms. The Morgan fingerprint density at radius 2 is 2.00 bits per heavy atom. The van der Waals surface area contributed by atoms with Crippen molar-refractivity contribution in [2.75, 3.05) is 19.6 Å². The summed E-state index contributed by atoms with van der Waals surface area (Å²) in [5.74, 6) is 1.95. The number of nitrogens with two attached hydrogens (primary N) is 1. The van der Waals surface area contributed by atoms with E-state index in [9.17, 15) is 0 Å². The fourth-order valence-electron chi connectivity index (χ4n) is 2.18. The third-order valence-corrected chi connectivity index (χ3v) is 3.71. The molecule has 1 fully saturated rings. The van der Waals surface area contributed by atoms with Crippen molar-refractivity contribution in [3.63, 3.8) is 0 Å². The van der Waals surface area contributed by atoms with Crippen LogP contribution in [0.15, 0.2) is 0 Å². The van der Waals surface area contributed by atoms with Gasteiger partial charge in [-0.05, 0) is 62.6 Å². The van der Waals surface area contributed by atoms with Crippen LogP contribution in [-0.2, 0) is 0 Å². The summed E-state index contributed by atoms with van der Waals surface area (Å²) in [7, 11) is 0. The molecule has 1 rings (SSSR count). The zero-order chi connectivity index (χ0) is 11.3. The van der Waals surface area contributed by atoms with Crippen molar-refractivity contribution in [1.29, 1.82) is 0 Å². The lowest BCUT2D eigenvalue weighted by Crippen LogP contribution is -2.22. The smallest absolute Gasteiger partial charge is 0.00179 e. The van der Waals surface area contributed by atoms with E-state index in [2.05, 4.69) is 26.1 Å². The average molecular weight is 212 g/mol. The lowest BCUT2D eigenvalue weighted by Gasteiger charge is -2.23. The zero-order valence-corrected chi connectivity index (χ0v) is 10.7. The van der Waals surface area contributed by atoms with Crippen LogP contribution in [0.3, 0.4) is 0 Å². The Morgan fingerprint density at radius 1 is 1.33 bits per heavy atom. The highest BCUT2D eigenvalue weighted by Gasteiger charge is 2.31. The first-order chi connectivity index (χ1) is 7.05. The van der Waals surface area contributed by atoms with Crippen molar-refractivity contribution < 1.29 is 0 Å². The van der Waals surface area contributed by atoms with Gasteiger partial charge in [-0.3, -0.25) is 0 Å². The topological polar surface area (TPSA) is 38.0 Å². The van der Waals surface area contributed by atoms with Crippen molar-refractivity contribution in [3.8, 4) is 0 Å². The molecule has 0 aromatic heterocycles. The molecule has 1 aliphatic rings. The van der Waals surface area contributed by atoms with Gasteiger partial charge in [-0.1, -0.05) is 20.8 Å². The highest BCUT2D eigenvalue weighted by atomic mass is 14.9. The highest BCUT2D eigenvalue weighted by molar-refractivity contribution is 4.83. The second-order valence-electron chi connectivity index (χ2n) is 5.98. The molecule has 0 bridgehead atoms. The van der Waals surface area contributed by atoms with Crippen LogP contribution in [0.4, 0.5) is 0 Å². The summed E-state index contributed by atoms with van der Waals surface area (Å²) in [5, 5.41) is 3.56. The van der Waals surface area contributed by atoms with Gasteiger partial charge >= 0.3 is 0 Å². The average Bonchev–Trinajstić information content (AvgIpc) is 2.81. The second kappa shape index (κ2) is 5.86. The van der Waals surface area contributed by atoms with Crippen LogP contribution in [0, 0.1) is 17.3 Å². The quantitative estimate of drug-likeness (QED) is 0.606. The van der Waals surface area contributed by atoms with Crippen LogP contribution in [-0.4, -0.2) is 19.6 Å². The van der Waals surface area contributed by atoms with Crippen LogP contribution in [0.2, 0.25) is 0 Å². The summed E-state index contributed by atoms with van der Waals surface area (Å²) in [5.41, 5.74) is 6.03. The molecule has 2 heteroatoms. The fourth-order valence-corrected chi connectivity index (χ4v) is 2.18. The van der Waals surface area contributed by atoms with Gasteiger partial charge in [0.1, 0.15) is 0 Å². The number of hydrogen-bond donors (Lipinski definition) is 2. The third-order valence-electron chi connectivity index (χ3n) is 3.71. The standard InChI is InChI=1S/C13H28N2/c1-11-9-12(11)10-15-8-4-5-13(2,3)6-7-14/h11-12,15H,4-10,14H2,1-3H3. The zero-order valence-electron chi connectivity index (χ0n) is 10.7. The molecule has 0 heterocycles. The predicted molar refractivity (Wildman–Crippen MR) is 66.8 cm³/mol. The molecule has 0 saturated heterocycles. The predicted octanol–water partition coefficient (Wildman–Crippen LogP) is 2.39. The van der Waals surface area contributed by atoms with Gasteiger partial charge in [0.05, 0.1) is 0 Å². The molecule has 0 amide bonds. The lowest BCUT2D eigenvalue weighted by atomic mass is 9.84. The Hall–Kier alpha value is -0.0800. The number of nitrogens with one attached hydrogen (secondary N) is 1. The van der Waals surface area contributed by atoms with E-state index in [0.717, 1.165) is 24.8 Å². The first kappa shape index (κ1) is 13.0. The summed E-state index contributed by atoms with van der Waals surface area (Å²) in [6.07, 6.45) is 5.16. The minimum Gasteiger partial charge on any atom is -0.330 e. The minimum absolute atomic E-state index is 0.434. The Bertz CT molecular complexity index is 177. The maximum Gasteiger partial charge on any atom is -0.00179 e. The Labute approximate surface area is 95.0 Å². The van der Waals surface area contributed by atoms with Gasteiger partial charge in [0.15, 0.2) is 0 Å². The number of rotatable bonds is 8. The summed E-state index contributed by atoms with van der Waals surface area (Å²) in [6, 6.07) is 0. The maximum atomic E-state index is 5.59. The van der Waals surface area contributed by atoms with E-state index in [4.69, 9.17) is 5.73 Å². The van der Waals surface area contributed by atoms with E-state index in [1.165, 1.54) is 32.4 Å². The molecular weight excluding hydrogens is 184 g/mol. The monoisotopic (exact) mass is 212 g/mol. The van der Waals surface area contributed by atoms with E-state index in [0.29, 0.717) is 5.41 Å². The highest BCUT2D eigenvalue weighted by Crippen LogP contribution is 2.36. The summed E-state index contributed by atoms with van der Waals surface area (Å²) in [4.78, 5) is 0. The van der Waals surface area contributed by atoms with Gasteiger partial charge in [-0.25, -0.2) is 0 Å². The van der Waals surface area contributed by atoms with Gasteiger partial charge in [0.2, 0.25) is 0 Å². The molecule has 1 aliphatic carbocycles. The molecule has 90 valence electrons. The van der Waals surface area contributed by atoms with Gasteiger partial charge in [0, 0.05) is 0 Å². The first-order valence-electron chi connectivity index (χ1n) is 6.46. The van der Waals surface area contributed by atoms with Crippen molar-refractivity contribution in [2.45, 2.75) is 46.5 Å². The Balaban J connectivity index is 1.91. The van der Waals surface area contributed by atoms with E-state index in [-0.39, 0.29) is 0 Å². The molecule has 0 aliphatic heterocycles. The molecule has 0 spiro atoms. The van der Waals surface area contributed by atoms with E-state index in [1.54, 1.807) is 0 Å². The number of hydrogen-bond acceptors (Lipinski definition) is 2. The van der Waals surface area contributed by atoms with Crippen LogP contribution >= 0.6 is 0 Å². The van der Waals surface area contributed by atoms with Crippen molar-refractivity contribution >= 4 is 0 Å². The van der Waals surface area contributed by atoms with Crippen molar-refractivity contribution in [1.82, 2.24) is 5.32 Å². The Kier molecular flexibility index (Phi) is 5.07. The molecule has 0 aromatic rings. The fraction of sp³-hybridized carbons (Fsp3) is 1.00. The van der Waals surface area contributed by atoms with Crippen molar-refractivity contribution in [3.05, 3.63) is 0 Å². The molecule has 2 nitrogen and oxygen atoms in total. The van der Waals surface area contributed by atoms with E-state index < -0.39 is 0 Å². The molecule has 0 radical (unpaired) electrons. The minimum atomic E-state index is 0.434. The molecule has 1 saturated carbocycles. The largest absolute Gasteiger partial charge is 0.330 e. The third kappa shape index (κ3) is 5.53. The SMILES string of the molecule is CC1CC1CNCCCC(C)(C)CCN. The van der Waals surface area contributed by atoms with E-state index >= 15 is 0 Å². The van der Waals surface area contributed by atoms with Gasteiger partial charge in [-0.15, -0.1) is 0 Å². The van der Waals surface area contributed by atoms with E-state index in [1.807, 2.05) is 0 Å². The summed E-state index contributed by atoms with van der Waals surface area (Å²) >= 11 is 0. The molecule has 2 atom stereocenters. The van der Waals surface area contributed by atoms with Crippen LogP contribution in [0.25, 0.3) is 0 Å². The summed E-state index contributed by atoms with van der Waals surface area (Å²) < 4.78 is 0. The van der Waals surface area contributed by atoms with Crippen molar-refractivity contribution in [2.24, 2.45) is 23.0 Å². The lowest BCUT2D eigenvalue weighted by molar-refractivity contribution is 0.302. The van der Waals surface area contributed by atoms with Crippen LogP contribution in [0.1, 0.15) is 46.5 Å². The van der Waals surface area contributed by atoms with Gasteiger partial charge in [0.25, 0.3) is 0 Å². The summed E-state index contributed by atoms with van der Waals surface area (Å²) in [6.45, 7) is 10.2. The molecular formula is C13H28N2.